The molecule has 0 spiro atoms. The van der Waals surface area contributed by atoms with Gasteiger partial charge in [-0.2, -0.15) is 0 Å². The van der Waals surface area contributed by atoms with Gasteiger partial charge in [0, 0.05) is 6.42 Å². The highest BCUT2D eigenvalue weighted by Gasteiger charge is 2.27. The standard InChI is InChI=1S/C26H53ClNO/c1-5-7-8-9-10-11-12-13-14-15-16-17-18-19-20-21-22-25(6-2)28(3,4)24-26(29)23-27/h6,25-26,29H,2,5,7-24H2,1,3-4H3/q+1. The number of alkyl halides is 1. The molecule has 2 nitrogen and oxygen atoms in total. The van der Waals surface area contributed by atoms with Gasteiger partial charge in [0.2, 0.25) is 0 Å². The SMILES string of the molecule is C=CC(CCCCCCCCCCCCCCCCCC)[N+](C)(C)CC(O)CCl. The minimum atomic E-state index is -0.431. The maximum absolute atomic E-state index is 9.87. The van der Waals surface area contributed by atoms with Crippen LogP contribution in [0.4, 0.5) is 0 Å². The summed E-state index contributed by atoms with van der Waals surface area (Å²) in [6.45, 7) is 7.00. The average molecular weight is 431 g/mol. The van der Waals surface area contributed by atoms with Crippen LogP contribution in [0.5, 0.6) is 0 Å². The van der Waals surface area contributed by atoms with Crippen molar-refractivity contribution >= 4 is 11.6 Å². The molecule has 0 fully saturated rings. The minimum absolute atomic E-state index is 0.310. The highest BCUT2D eigenvalue weighted by Crippen LogP contribution is 2.18. The van der Waals surface area contributed by atoms with Crippen molar-refractivity contribution in [2.24, 2.45) is 0 Å². The lowest BCUT2D eigenvalue weighted by molar-refractivity contribution is -0.911. The third-order valence-electron chi connectivity index (χ3n) is 6.38. The molecule has 29 heavy (non-hydrogen) atoms. The number of halogens is 1. The molecule has 0 aromatic heterocycles. The molecule has 0 radical (unpaired) electrons. The Hall–Kier alpha value is -0.0500. The zero-order valence-electron chi connectivity index (χ0n) is 20.1. The Morgan fingerprint density at radius 3 is 1.48 bits per heavy atom. The Morgan fingerprint density at radius 2 is 1.14 bits per heavy atom. The van der Waals surface area contributed by atoms with Gasteiger partial charge in [-0.25, -0.2) is 0 Å². The van der Waals surface area contributed by atoms with E-state index < -0.39 is 6.10 Å². The molecule has 0 aliphatic rings. The highest BCUT2D eigenvalue weighted by molar-refractivity contribution is 6.18. The van der Waals surface area contributed by atoms with Crippen LogP contribution in [0.3, 0.4) is 0 Å². The molecule has 0 aliphatic heterocycles. The minimum Gasteiger partial charge on any atom is -0.386 e. The molecule has 0 bridgehead atoms. The van der Waals surface area contributed by atoms with Gasteiger partial charge in [-0.05, 0) is 12.5 Å². The smallest absolute Gasteiger partial charge is 0.116 e. The average Bonchev–Trinajstić information content (AvgIpc) is 2.69. The fourth-order valence-electron chi connectivity index (χ4n) is 4.38. The number of aliphatic hydroxyl groups excluding tert-OH is 1. The second kappa shape index (κ2) is 19.9. The Labute approximate surface area is 188 Å². The van der Waals surface area contributed by atoms with Crippen molar-refractivity contribution in [2.75, 3.05) is 26.5 Å². The molecule has 2 atom stereocenters. The first-order valence-corrected chi connectivity index (χ1v) is 13.2. The molecule has 0 saturated carbocycles. The summed E-state index contributed by atoms with van der Waals surface area (Å²) in [5.74, 6) is 0.310. The van der Waals surface area contributed by atoms with Crippen LogP contribution in [0.1, 0.15) is 116 Å². The van der Waals surface area contributed by atoms with Crippen molar-refractivity contribution in [1.29, 1.82) is 0 Å². The number of hydrogen-bond acceptors (Lipinski definition) is 1. The number of aliphatic hydroxyl groups is 1. The van der Waals surface area contributed by atoms with Gasteiger partial charge >= 0.3 is 0 Å². The molecule has 0 aromatic rings. The third-order valence-corrected chi connectivity index (χ3v) is 6.74. The summed E-state index contributed by atoms with van der Waals surface area (Å²) in [6, 6.07) is 0.402. The van der Waals surface area contributed by atoms with E-state index in [1.807, 2.05) is 0 Å². The maximum atomic E-state index is 9.87. The zero-order chi connectivity index (χ0) is 21.8. The van der Waals surface area contributed by atoms with Gasteiger partial charge in [0.1, 0.15) is 18.7 Å². The first-order valence-electron chi connectivity index (χ1n) is 12.7. The first-order chi connectivity index (χ1) is 14.0. The lowest BCUT2D eigenvalue weighted by Crippen LogP contribution is -2.52. The van der Waals surface area contributed by atoms with Crippen LogP contribution in [-0.4, -0.2) is 48.3 Å². The summed E-state index contributed by atoms with van der Waals surface area (Å²) >= 11 is 5.77. The van der Waals surface area contributed by atoms with Crippen LogP contribution in [-0.2, 0) is 0 Å². The number of quaternary nitrogens is 1. The van der Waals surface area contributed by atoms with E-state index >= 15 is 0 Å². The summed E-state index contributed by atoms with van der Waals surface area (Å²) in [4.78, 5) is 0. The van der Waals surface area contributed by atoms with Gasteiger partial charge in [-0.15, -0.1) is 11.6 Å². The third kappa shape index (κ3) is 17.3. The summed E-state index contributed by atoms with van der Waals surface area (Å²) < 4.78 is 0.774. The van der Waals surface area contributed by atoms with E-state index in [9.17, 15) is 5.11 Å². The summed E-state index contributed by atoms with van der Waals surface area (Å²) in [7, 11) is 4.35. The van der Waals surface area contributed by atoms with Crippen molar-refractivity contribution in [3.05, 3.63) is 12.7 Å². The topological polar surface area (TPSA) is 20.2 Å². The van der Waals surface area contributed by atoms with Gasteiger partial charge in [0.25, 0.3) is 0 Å². The fraction of sp³-hybridized carbons (Fsp3) is 0.923. The number of likely N-dealkylation sites (N-methyl/N-ethyl adjacent to an activating group) is 1. The summed E-state index contributed by atoms with van der Waals surface area (Å²) in [6.07, 6.45) is 25.3. The molecule has 0 heterocycles. The van der Waals surface area contributed by atoms with Crippen LogP contribution >= 0.6 is 11.6 Å². The van der Waals surface area contributed by atoms with Crippen LogP contribution in [0.2, 0.25) is 0 Å². The van der Waals surface area contributed by atoms with Gasteiger partial charge in [0.15, 0.2) is 0 Å². The molecular weight excluding hydrogens is 378 g/mol. The van der Waals surface area contributed by atoms with Crippen LogP contribution < -0.4 is 0 Å². The van der Waals surface area contributed by atoms with Crippen molar-refractivity contribution < 1.29 is 9.59 Å². The monoisotopic (exact) mass is 430 g/mol. The molecule has 3 heteroatoms. The Morgan fingerprint density at radius 1 is 0.759 bits per heavy atom. The fourth-order valence-corrected chi connectivity index (χ4v) is 4.48. The van der Waals surface area contributed by atoms with Crippen LogP contribution in [0.25, 0.3) is 0 Å². The van der Waals surface area contributed by atoms with E-state index in [1.165, 1.54) is 103 Å². The van der Waals surface area contributed by atoms with Crippen molar-refractivity contribution in [2.45, 2.75) is 128 Å². The molecular formula is C26H53ClNO+. The number of nitrogens with zero attached hydrogens (tertiary/aromatic N) is 1. The molecule has 0 aliphatic carbocycles. The molecule has 1 N–H and O–H groups in total. The van der Waals surface area contributed by atoms with Gasteiger partial charge in [0.05, 0.1) is 20.0 Å². The van der Waals surface area contributed by atoms with Gasteiger partial charge in [-0.1, -0.05) is 110 Å². The summed E-state index contributed by atoms with van der Waals surface area (Å²) in [5.41, 5.74) is 0. The lowest BCUT2D eigenvalue weighted by atomic mass is 10.0. The second-order valence-corrected chi connectivity index (χ2v) is 9.97. The predicted molar refractivity (Wildman–Crippen MR) is 132 cm³/mol. The van der Waals surface area contributed by atoms with Gasteiger partial charge in [-0.3, -0.25) is 0 Å². The Bertz CT molecular complexity index is 359. The zero-order valence-corrected chi connectivity index (χ0v) is 20.9. The Kier molecular flexibility index (Phi) is 19.9. The molecule has 0 rings (SSSR count). The number of unbranched alkanes of at least 4 members (excludes halogenated alkanes) is 15. The normalized spacial score (nSPS) is 14.1. The van der Waals surface area contributed by atoms with Crippen LogP contribution in [0.15, 0.2) is 12.7 Å². The maximum Gasteiger partial charge on any atom is 0.116 e. The van der Waals surface area contributed by atoms with E-state index in [1.54, 1.807) is 0 Å². The van der Waals surface area contributed by atoms with Crippen molar-refractivity contribution in [3.8, 4) is 0 Å². The molecule has 174 valence electrons. The van der Waals surface area contributed by atoms with E-state index in [0.29, 0.717) is 18.5 Å². The second-order valence-electron chi connectivity index (χ2n) is 9.66. The van der Waals surface area contributed by atoms with Crippen molar-refractivity contribution in [3.63, 3.8) is 0 Å². The number of hydrogen-bond donors (Lipinski definition) is 1. The molecule has 0 amide bonds. The molecule has 0 aromatic carbocycles. The number of rotatable bonds is 22. The predicted octanol–water partition coefficient (Wildman–Crippen LogP) is 7.87. The van der Waals surface area contributed by atoms with Crippen LogP contribution in [0, 0.1) is 0 Å². The first kappa shape index (κ1) is 28.9. The molecule has 2 unspecified atom stereocenters. The van der Waals surface area contributed by atoms with E-state index in [4.69, 9.17) is 11.6 Å². The summed E-state index contributed by atoms with van der Waals surface area (Å²) in [5, 5.41) is 9.87. The quantitative estimate of drug-likeness (QED) is 0.0801. The largest absolute Gasteiger partial charge is 0.386 e. The Balaban J connectivity index is 3.48. The van der Waals surface area contributed by atoms with Crippen molar-refractivity contribution in [1.82, 2.24) is 0 Å². The van der Waals surface area contributed by atoms with E-state index in [0.717, 1.165) is 10.9 Å². The molecule has 0 saturated heterocycles. The van der Waals surface area contributed by atoms with E-state index in [-0.39, 0.29) is 0 Å². The van der Waals surface area contributed by atoms with E-state index in [2.05, 4.69) is 33.7 Å². The highest BCUT2D eigenvalue weighted by atomic mass is 35.5. The lowest BCUT2D eigenvalue weighted by Gasteiger charge is -2.37. The van der Waals surface area contributed by atoms with Gasteiger partial charge < -0.3 is 9.59 Å².